The van der Waals surface area contributed by atoms with Gasteiger partial charge in [0.15, 0.2) is 0 Å². The van der Waals surface area contributed by atoms with Gasteiger partial charge >= 0.3 is 5.91 Å². The highest BCUT2D eigenvalue weighted by Gasteiger charge is 2.39. The molecule has 3 rings (SSSR count). The van der Waals surface area contributed by atoms with Crippen molar-refractivity contribution in [1.29, 1.82) is 5.26 Å². The lowest BCUT2D eigenvalue weighted by Crippen LogP contribution is -2.80. The van der Waals surface area contributed by atoms with Crippen molar-refractivity contribution >= 4 is 61.8 Å². The lowest BCUT2D eigenvalue weighted by molar-refractivity contribution is -0.381. The third kappa shape index (κ3) is 5.47. The van der Waals surface area contributed by atoms with Crippen LogP contribution >= 0.6 is 39.3 Å². The standard InChI is InChI=1S/C21H17BrClN3O2S/c1-12-2-4-13(5-3-12)15-9-19(27)26-21(16(15)10-24)29-11-20(28)25-18-7-6-14(22)8-17(18)23/h2-8,15-16H,9,11H2,1H3,(H,25,28)/p+1/t15-,16-/m0/s1. The van der Waals surface area contributed by atoms with Gasteiger partial charge in [0.2, 0.25) is 11.0 Å². The normalized spacial score (nSPS) is 18.7. The molecule has 2 N–H and O–H groups in total. The topological polar surface area (TPSA) is 83.9 Å². The van der Waals surface area contributed by atoms with Crippen molar-refractivity contribution in [2.75, 3.05) is 11.1 Å². The second kappa shape index (κ2) is 9.57. The van der Waals surface area contributed by atoms with Gasteiger partial charge in [-0.15, -0.1) is 0 Å². The summed E-state index contributed by atoms with van der Waals surface area (Å²) in [5.74, 6) is -1.11. The van der Waals surface area contributed by atoms with E-state index >= 15 is 0 Å². The van der Waals surface area contributed by atoms with Gasteiger partial charge in [0.25, 0.3) is 0 Å². The number of nitrogens with one attached hydrogen (secondary N) is 2. The van der Waals surface area contributed by atoms with Crippen LogP contribution in [0.3, 0.4) is 0 Å². The van der Waals surface area contributed by atoms with Crippen LogP contribution in [-0.2, 0) is 9.59 Å². The van der Waals surface area contributed by atoms with E-state index in [0.29, 0.717) is 15.8 Å². The van der Waals surface area contributed by atoms with Gasteiger partial charge in [-0.25, -0.2) is 4.79 Å². The largest absolute Gasteiger partial charge is 0.386 e. The lowest BCUT2D eigenvalue weighted by Gasteiger charge is -2.22. The molecule has 1 heterocycles. The molecule has 1 aliphatic heterocycles. The molecule has 29 heavy (non-hydrogen) atoms. The van der Waals surface area contributed by atoms with Crippen LogP contribution in [0.15, 0.2) is 46.9 Å². The Balaban J connectivity index is 1.70. The number of nitrogens with zero attached hydrogens (tertiary/aromatic N) is 1. The van der Waals surface area contributed by atoms with Gasteiger partial charge in [0.05, 0.1) is 29.0 Å². The van der Waals surface area contributed by atoms with Crippen molar-refractivity contribution in [3.05, 3.63) is 63.1 Å². The third-order valence-corrected chi connectivity index (χ3v) is 6.44. The molecular weight excluding hydrogens is 474 g/mol. The second-order valence-corrected chi connectivity index (χ2v) is 9.04. The Bertz CT molecular complexity index is 1020. The van der Waals surface area contributed by atoms with Crippen LogP contribution in [0.25, 0.3) is 0 Å². The Morgan fingerprint density at radius 3 is 2.72 bits per heavy atom. The maximum Gasteiger partial charge on any atom is 0.386 e. The molecule has 0 spiro atoms. The SMILES string of the molecule is Cc1ccc([C@@H]2CC(=O)[NH+]=C(SCC(=O)Nc3ccc(Br)cc3Cl)[C@H]2C#N)cc1. The first-order chi connectivity index (χ1) is 13.9. The quantitative estimate of drug-likeness (QED) is 0.686. The van der Waals surface area contributed by atoms with Gasteiger partial charge in [-0.3, -0.25) is 4.79 Å². The molecule has 2 amide bonds. The fourth-order valence-corrected chi connectivity index (χ4v) is 4.75. The Hall–Kier alpha value is -2.14. The van der Waals surface area contributed by atoms with Crippen molar-refractivity contribution in [3.63, 3.8) is 0 Å². The van der Waals surface area contributed by atoms with Crippen LogP contribution < -0.4 is 10.3 Å². The molecule has 0 aliphatic carbocycles. The number of aryl methyl sites for hydroxylation is 1. The average Bonchev–Trinajstić information content (AvgIpc) is 2.68. The van der Waals surface area contributed by atoms with Crippen molar-refractivity contribution in [3.8, 4) is 6.07 Å². The first-order valence-electron chi connectivity index (χ1n) is 8.88. The molecule has 0 aromatic heterocycles. The van der Waals surface area contributed by atoms with Crippen LogP contribution in [0.4, 0.5) is 5.69 Å². The molecule has 1 aliphatic rings. The van der Waals surface area contributed by atoms with E-state index in [2.05, 4.69) is 32.3 Å². The summed E-state index contributed by atoms with van der Waals surface area (Å²) in [6.45, 7) is 1.99. The molecule has 0 saturated carbocycles. The number of hydrogen-bond donors (Lipinski definition) is 2. The van der Waals surface area contributed by atoms with E-state index in [1.54, 1.807) is 18.2 Å². The van der Waals surface area contributed by atoms with E-state index in [-0.39, 0.29) is 29.9 Å². The minimum atomic E-state index is -0.510. The van der Waals surface area contributed by atoms with Crippen molar-refractivity contribution < 1.29 is 14.6 Å². The minimum Gasteiger partial charge on any atom is -0.324 e. The molecule has 0 fully saturated rings. The molecule has 0 unspecified atom stereocenters. The first kappa shape index (κ1) is 21.6. The highest BCUT2D eigenvalue weighted by atomic mass is 79.9. The van der Waals surface area contributed by atoms with Crippen LogP contribution in [0, 0.1) is 24.2 Å². The van der Waals surface area contributed by atoms with Crippen LogP contribution in [0.1, 0.15) is 23.5 Å². The minimum absolute atomic E-state index is 0.0564. The molecule has 2 aromatic rings. The maximum atomic E-state index is 12.3. The van der Waals surface area contributed by atoms with E-state index < -0.39 is 5.92 Å². The predicted molar refractivity (Wildman–Crippen MR) is 119 cm³/mol. The number of thioether (sulfide) groups is 1. The summed E-state index contributed by atoms with van der Waals surface area (Å²) < 4.78 is 0.814. The molecular formula is C21H18BrClN3O2S+. The van der Waals surface area contributed by atoms with E-state index in [0.717, 1.165) is 15.6 Å². The maximum absolute atomic E-state index is 12.3. The molecule has 2 aromatic carbocycles. The molecule has 5 nitrogen and oxygen atoms in total. The number of hydrogen-bond acceptors (Lipinski definition) is 4. The van der Waals surface area contributed by atoms with E-state index in [1.165, 1.54) is 11.8 Å². The summed E-state index contributed by atoms with van der Waals surface area (Å²) in [4.78, 5) is 27.3. The molecule has 0 radical (unpaired) electrons. The second-order valence-electron chi connectivity index (χ2n) is 6.70. The molecule has 148 valence electrons. The smallest absolute Gasteiger partial charge is 0.324 e. The van der Waals surface area contributed by atoms with Crippen LogP contribution in [-0.4, -0.2) is 22.6 Å². The fourth-order valence-electron chi connectivity index (χ4n) is 3.09. The van der Waals surface area contributed by atoms with Gasteiger partial charge in [-0.2, -0.15) is 10.3 Å². The lowest BCUT2D eigenvalue weighted by atomic mass is 9.83. The van der Waals surface area contributed by atoms with Gasteiger partial charge in [0.1, 0.15) is 5.92 Å². The van der Waals surface area contributed by atoms with Gasteiger partial charge in [-0.05, 0) is 30.7 Å². The Morgan fingerprint density at radius 2 is 2.07 bits per heavy atom. The zero-order valence-electron chi connectivity index (χ0n) is 15.5. The monoisotopic (exact) mass is 490 g/mol. The number of nitriles is 1. The number of anilines is 1. The zero-order chi connectivity index (χ0) is 21.0. The van der Waals surface area contributed by atoms with Crippen molar-refractivity contribution in [1.82, 2.24) is 0 Å². The highest BCUT2D eigenvalue weighted by Crippen LogP contribution is 2.32. The number of rotatable bonds is 4. The number of halogens is 2. The number of amides is 2. The molecule has 8 heteroatoms. The van der Waals surface area contributed by atoms with Crippen molar-refractivity contribution in [2.24, 2.45) is 5.92 Å². The average molecular weight is 492 g/mol. The van der Waals surface area contributed by atoms with Crippen LogP contribution in [0.5, 0.6) is 0 Å². The Morgan fingerprint density at radius 1 is 1.34 bits per heavy atom. The number of benzene rings is 2. The zero-order valence-corrected chi connectivity index (χ0v) is 18.7. The van der Waals surface area contributed by atoms with Gasteiger partial charge in [-0.1, -0.05) is 69.1 Å². The summed E-state index contributed by atoms with van der Waals surface area (Å²) in [5.41, 5.74) is 2.57. The molecule has 0 bridgehead atoms. The van der Waals surface area contributed by atoms with Crippen LogP contribution in [0.2, 0.25) is 5.02 Å². The Kier molecular flexibility index (Phi) is 7.12. The molecule has 0 saturated heterocycles. The summed E-state index contributed by atoms with van der Waals surface area (Å²) in [6, 6.07) is 15.3. The number of carbonyl (C=O) groups excluding carboxylic acids is 2. The van der Waals surface area contributed by atoms with Gasteiger partial charge in [0, 0.05) is 10.4 Å². The first-order valence-corrected chi connectivity index (χ1v) is 11.0. The summed E-state index contributed by atoms with van der Waals surface area (Å²) in [7, 11) is 0. The summed E-state index contributed by atoms with van der Waals surface area (Å²) >= 11 is 10.6. The molecule has 2 atom stereocenters. The van der Waals surface area contributed by atoms with E-state index in [1.807, 2.05) is 31.2 Å². The van der Waals surface area contributed by atoms with Crippen molar-refractivity contribution in [2.45, 2.75) is 19.3 Å². The summed E-state index contributed by atoms with van der Waals surface area (Å²) in [6.07, 6.45) is 0.242. The predicted octanol–water partition coefficient (Wildman–Crippen LogP) is 3.42. The third-order valence-electron chi connectivity index (χ3n) is 4.56. The Labute approximate surface area is 186 Å². The van der Waals surface area contributed by atoms with Gasteiger partial charge < -0.3 is 5.32 Å². The number of carbonyl (C=O) groups is 2. The fraction of sp³-hybridized carbons (Fsp3) is 0.238. The highest BCUT2D eigenvalue weighted by molar-refractivity contribution is 9.10. The van der Waals surface area contributed by atoms with E-state index in [4.69, 9.17) is 11.6 Å². The summed E-state index contributed by atoms with van der Waals surface area (Å²) in [5, 5.41) is 13.4. The van der Waals surface area contributed by atoms with E-state index in [9.17, 15) is 14.9 Å².